The Morgan fingerprint density at radius 2 is 2.17 bits per heavy atom. The lowest BCUT2D eigenvalue weighted by molar-refractivity contribution is 0.240. The van der Waals surface area contributed by atoms with Crippen LogP contribution in [0.25, 0.3) is 0 Å². The van der Waals surface area contributed by atoms with Crippen LogP contribution in [0.15, 0.2) is 0 Å². The maximum Gasteiger partial charge on any atom is 0.0434 e. The molecule has 4 unspecified atom stereocenters. The van der Waals surface area contributed by atoms with Gasteiger partial charge in [-0.3, -0.25) is 0 Å². The topological polar surface area (TPSA) is 44.3 Å². The zero-order chi connectivity index (χ0) is 12.8. The third-order valence-corrected chi connectivity index (χ3v) is 4.97. The van der Waals surface area contributed by atoms with E-state index in [0.717, 1.165) is 24.9 Å². The summed E-state index contributed by atoms with van der Waals surface area (Å²) in [7, 11) is 0. The number of nitrogens with one attached hydrogen (secondary N) is 2. The van der Waals surface area contributed by atoms with Gasteiger partial charge in [0, 0.05) is 18.7 Å². The molecule has 3 heteroatoms. The quantitative estimate of drug-likeness (QED) is 0.650. The van der Waals surface area contributed by atoms with E-state index in [2.05, 4.69) is 17.6 Å². The molecule has 106 valence electrons. The molecule has 2 fully saturated rings. The van der Waals surface area contributed by atoms with Crippen LogP contribution in [0, 0.1) is 11.8 Å². The second kappa shape index (κ2) is 7.46. The smallest absolute Gasteiger partial charge is 0.0434 e. The predicted octanol–water partition coefficient (Wildman–Crippen LogP) is 1.91. The molecule has 0 amide bonds. The molecule has 4 atom stereocenters. The Labute approximate surface area is 112 Å². The molecule has 0 aromatic rings. The van der Waals surface area contributed by atoms with E-state index < -0.39 is 0 Å². The maximum atomic E-state index is 9.05. The molecule has 0 aromatic carbocycles. The summed E-state index contributed by atoms with van der Waals surface area (Å²) in [4.78, 5) is 0. The van der Waals surface area contributed by atoms with Gasteiger partial charge < -0.3 is 15.7 Å². The average Bonchev–Trinajstić information content (AvgIpc) is 3.04. The molecule has 3 nitrogen and oxygen atoms in total. The number of hydrogen-bond acceptors (Lipinski definition) is 3. The number of aliphatic hydroxyl groups is 1. The standard InChI is InChI=1S/C15H30N2O/c1-2-12(8-10-18)11-17-15-6-3-5-13(15)14-7-4-9-16-14/h12-18H,2-11H2,1H3. The van der Waals surface area contributed by atoms with Crippen LogP contribution in [-0.2, 0) is 0 Å². The molecule has 3 N–H and O–H groups in total. The van der Waals surface area contributed by atoms with Crippen LogP contribution in [0.3, 0.4) is 0 Å². The van der Waals surface area contributed by atoms with E-state index in [1.807, 2.05) is 0 Å². The van der Waals surface area contributed by atoms with Crippen LogP contribution in [-0.4, -0.2) is 36.9 Å². The molecule has 18 heavy (non-hydrogen) atoms. The number of rotatable bonds is 7. The van der Waals surface area contributed by atoms with Crippen molar-refractivity contribution in [3.63, 3.8) is 0 Å². The van der Waals surface area contributed by atoms with Crippen molar-refractivity contribution in [2.75, 3.05) is 19.7 Å². The van der Waals surface area contributed by atoms with Gasteiger partial charge in [-0.2, -0.15) is 0 Å². The zero-order valence-corrected chi connectivity index (χ0v) is 11.8. The molecule has 1 aliphatic carbocycles. The first kappa shape index (κ1) is 14.3. The molecular formula is C15H30N2O. The van der Waals surface area contributed by atoms with Crippen molar-refractivity contribution in [1.82, 2.24) is 10.6 Å². The summed E-state index contributed by atoms with van der Waals surface area (Å²) >= 11 is 0. The summed E-state index contributed by atoms with van der Waals surface area (Å²) in [6.07, 6.45) is 8.98. The first-order chi connectivity index (χ1) is 8.85. The summed E-state index contributed by atoms with van der Waals surface area (Å²) in [5.74, 6) is 1.49. The third kappa shape index (κ3) is 3.69. The van der Waals surface area contributed by atoms with Crippen LogP contribution < -0.4 is 10.6 Å². The van der Waals surface area contributed by atoms with Crippen LogP contribution >= 0.6 is 0 Å². The summed E-state index contributed by atoms with van der Waals surface area (Å²) in [6.45, 7) is 4.87. The Morgan fingerprint density at radius 3 is 2.83 bits per heavy atom. The fourth-order valence-electron chi connectivity index (χ4n) is 3.75. The molecule has 0 bridgehead atoms. The van der Waals surface area contributed by atoms with E-state index in [-0.39, 0.29) is 0 Å². The fourth-order valence-corrected chi connectivity index (χ4v) is 3.75. The van der Waals surface area contributed by atoms with Crippen molar-refractivity contribution in [3.8, 4) is 0 Å². The van der Waals surface area contributed by atoms with E-state index in [4.69, 9.17) is 5.11 Å². The normalized spacial score (nSPS) is 34.0. The third-order valence-electron chi connectivity index (χ3n) is 4.97. The first-order valence-corrected chi connectivity index (χ1v) is 7.92. The molecule has 0 aromatic heterocycles. The number of hydrogen-bond donors (Lipinski definition) is 3. The lowest BCUT2D eigenvalue weighted by Gasteiger charge is -2.28. The van der Waals surface area contributed by atoms with Crippen molar-refractivity contribution in [1.29, 1.82) is 0 Å². The molecule has 1 heterocycles. The highest BCUT2D eigenvalue weighted by atomic mass is 16.3. The van der Waals surface area contributed by atoms with Crippen LogP contribution in [0.5, 0.6) is 0 Å². The zero-order valence-electron chi connectivity index (χ0n) is 11.8. The molecule has 1 saturated heterocycles. The summed E-state index contributed by atoms with van der Waals surface area (Å²) in [5.41, 5.74) is 0. The second-order valence-corrected chi connectivity index (χ2v) is 6.10. The average molecular weight is 254 g/mol. The van der Waals surface area contributed by atoms with Crippen molar-refractivity contribution in [3.05, 3.63) is 0 Å². The van der Waals surface area contributed by atoms with Crippen molar-refractivity contribution < 1.29 is 5.11 Å². The SMILES string of the molecule is CCC(CCO)CNC1CCCC1C1CCCN1. The summed E-state index contributed by atoms with van der Waals surface area (Å²) in [5, 5.41) is 16.5. The monoisotopic (exact) mass is 254 g/mol. The lowest BCUT2D eigenvalue weighted by atomic mass is 9.92. The van der Waals surface area contributed by atoms with Gasteiger partial charge in [-0.1, -0.05) is 19.8 Å². The highest BCUT2D eigenvalue weighted by Gasteiger charge is 2.34. The minimum Gasteiger partial charge on any atom is -0.396 e. The van der Waals surface area contributed by atoms with Gasteiger partial charge in [0.1, 0.15) is 0 Å². The molecule has 0 radical (unpaired) electrons. The van der Waals surface area contributed by atoms with Crippen LogP contribution in [0.1, 0.15) is 51.9 Å². The van der Waals surface area contributed by atoms with Crippen LogP contribution in [0.4, 0.5) is 0 Å². The Bertz CT molecular complexity index is 229. The molecule has 2 rings (SSSR count). The van der Waals surface area contributed by atoms with Crippen molar-refractivity contribution in [2.45, 2.75) is 64.0 Å². The van der Waals surface area contributed by atoms with Crippen LogP contribution in [0.2, 0.25) is 0 Å². The molecule has 2 aliphatic rings. The van der Waals surface area contributed by atoms with Gasteiger partial charge in [-0.05, 0) is 57.0 Å². The van der Waals surface area contributed by atoms with E-state index in [1.54, 1.807) is 0 Å². The minimum absolute atomic E-state index is 0.332. The van der Waals surface area contributed by atoms with Crippen molar-refractivity contribution >= 4 is 0 Å². The second-order valence-electron chi connectivity index (χ2n) is 6.10. The van der Waals surface area contributed by atoms with Gasteiger partial charge in [0.05, 0.1) is 0 Å². The fraction of sp³-hybridized carbons (Fsp3) is 1.00. The Kier molecular flexibility index (Phi) is 5.93. The van der Waals surface area contributed by atoms with Crippen molar-refractivity contribution in [2.24, 2.45) is 11.8 Å². The minimum atomic E-state index is 0.332. The predicted molar refractivity (Wildman–Crippen MR) is 75.6 cm³/mol. The summed E-state index contributed by atoms with van der Waals surface area (Å²) < 4.78 is 0. The summed E-state index contributed by atoms with van der Waals surface area (Å²) in [6, 6.07) is 1.48. The van der Waals surface area contributed by atoms with Gasteiger partial charge in [0.15, 0.2) is 0 Å². The van der Waals surface area contributed by atoms with E-state index in [0.29, 0.717) is 18.6 Å². The molecule has 1 saturated carbocycles. The first-order valence-electron chi connectivity index (χ1n) is 7.92. The number of aliphatic hydroxyl groups excluding tert-OH is 1. The van der Waals surface area contributed by atoms with E-state index in [9.17, 15) is 0 Å². The highest BCUT2D eigenvalue weighted by Crippen LogP contribution is 2.32. The maximum absolute atomic E-state index is 9.05. The highest BCUT2D eigenvalue weighted by molar-refractivity contribution is 4.93. The Balaban J connectivity index is 1.76. The molecule has 1 aliphatic heterocycles. The van der Waals surface area contributed by atoms with Gasteiger partial charge in [0.25, 0.3) is 0 Å². The van der Waals surface area contributed by atoms with Gasteiger partial charge in [-0.15, -0.1) is 0 Å². The van der Waals surface area contributed by atoms with Gasteiger partial charge >= 0.3 is 0 Å². The Hall–Kier alpha value is -0.120. The molecular weight excluding hydrogens is 224 g/mol. The lowest BCUT2D eigenvalue weighted by Crippen LogP contribution is -2.43. The van der Waals surface area contributed by atoms with E-state index in [1.165, 1.54) is 45.1 Å². The Morgan fingerprint density at radius 1 is 1.28 bits per heavy atom. The van der Waals surface area contributed by atoms with Gasteiger partial charge in [-0.25, -0.2) is 0 Å². The van der Waals surface area contributed by atoms with E-state index >= 15 is 0 Å². The largest absolute Gasteiger partial charge is 0.396 e. The molecule has 0 spiro atoms. The van der Waals surface area contributed by atoms with Gasteiger partial charge in [0.2, 0.25) is 0 Å².